The average Bonchev–Trinajstić information content (AvgIpc) is 3.02. The molecule has 1 amide bonds. The highest BCUT2D eigenvalue weighted by atomic mass is 16.4. The van der Waals surface area contributed by atoms with Crippen molar-refractivity contribution in [3.63, 3.8) is 0 Å². The lowest BCUT2D eigenvalue weighted by atomic mass is 10.0. The maximum Gasteiger partial charge on any atom is 0.229 e. The molecule has 0 atom stereocenters. The second-order valence-corrected chi connectivity index (χ2v) is 6.24. The van der Waals surface area contributed by atoms with Crippen LogP contribution in [0.4, 0.5) is 5.69 Å². The number of amides is 1. The molecule has 26 heavy (non-hydrogen) atoms. The number of likely N-dealkylation sites (N-methyl/N-ethyl adjacent to an activating group) is 1. The molecule has 1 aliphatic rings. The lowest BCUT2D eigenvalue weighted by Crippen LogP contribution is -2.26. The van der Waals surface area contributed by atoms with Crippen molar-refractivity contribution in [2.45, 2.75) is 19.9 Å². The Morgan fingerprint density at radius 2 is 2.00 bits per heavy atom. The molecule has 0 aliphatic carbocycles. The largest absolute Gasteiger partial charge is 0.432 e. The molecule has 0 radical (unpaired) electrons. The van der Waals surface area contributed by atoms with Gasteiger partial charge >= 0.3 is 0 Å². The molecule has 3 heterocycles. The van der Waals surface area contributed by atoms with Gasteiger partial charge in [-0.15, -0.1) is 0 Å². The second-order valence-electron chi connectivity index (χ2n) is 6.24. The van der Waals surface area contributed by atoms with Crippen molar-refractivity contribution in [3.8, 4) is 0 Å². The number of carbonyl (C=O) groups excluding carboxylic acids is 2. The highest BCUT2D eigenvalue weighted by Crippen LogP contribution is 2.29. The first-order valence-electron chi connectivity index (χ1n) is 8.44. The van der Waals surface area contributed by atoms with Gasteiger partial charge in [0.1, 0.15) is 5.69 Å². The van der Waals surface area contributed by atoms with E-state index in [4.69, 9.17) is 4.42 Å². The van der Waals surface area contributed by atoms with E-state index in [1.54, 1.807) is 18.3 Å². The Balaban J connectivity index is 0.000000158. The number of nitrogens with zero attached hydrogens (tertiary/aromatic N) is 2. The van der Waals surface area contributed by atoms with Gasteiger partial charge < -0.3 is 14.6 Å². The van der Waals surface area contributed by atoms with Crippen molar-refractivity contribution in [1.82, 2.24) is 9.88 Å². The van der Waals surface area contributed by atoms with Gasteiger partial charge in [0.2, 0.25) is 12.1 Å². The molecule has 4 rings (SSSR count). The van der Waals surface area contributed by atoms with Crippen molar-refractivity contribution >= 4 is 29.0 Å². The molecule has 0 saturated carbocycles. The normalized spacial score (nSPS) is 13.5. The summed E-state index contributed by atoms with van der Waals surface area (Å²) in [6.45, 7) is 3.70. The van der Waals surface area contributed by atoms with Crippen LogP contribution < -0.4 is 5.32 Å². The van der Waals surface area contributed by atoms with Crippen molar-refractivity contribution in [3.05, 3.63) is 59.5 Å². The average molecular weight is 351 g/mol. The van der Waals surface area contributed by atoms with Crippen LogP contribution in [-0.2, 0) is 17.8 Å². The number of rotatable bonds is 3. The van der Waals surface area contributed by atoms with Crippen molar-refractivity contribution < 1.29 is 14.0 Å². The molecular weight excluding hydrogens is 330 g/mol. The molecule has 1 N–H and O–H groups in total. The highest BCUT2D eigenvalue weighted by molar-refractivity contribution is 6.07. The van der Waals surface area contributed by atoms with E-state index in [1.165, 1.54) is 31.0 Å². The van der Waals surface area contributed by atoms with E-state index in [0.717, 1.165) is 6.54 Å². The SMILES string of the molecule is CC(=O)c1oc2ncccc2c1NC=O.CN1CCc2ccccc2C1. The molecule has 3 aromatic rings. The summed E-state index contributed by atoms with van der Waals surface area (Å²) in [6.07, 6.45) is 3.27. The molecular formula is C20H21N3O3. The zero-order valence-corrected chi connectivity index (χ0v) is 14.9. The van der Waals surface area contributed by atoms with Gasteiger partial charge in [-0.25, -0.2) is 4.98 Å². The third-order valence-corrected chi connectivity index (χ3v) is 4.31. The Kier molecular flexibility index (Phi) is 5.43. The summed E-state index contributed by atoms with van der Waals surface area (Å²) in [7, 11) is 2.18. The Morgan fingerprint density at radius 3 is 2.73 bits per heavy atom. The first-order valence-corrected chi connectivity index (χ1v) is 8.44. The zero-order valence-electron chi connectivity index (χ0n) is 14.9. The molecule has 2 aromatic heterocycles. The number of nitrogens with one attached hydrogen (secondary N) is 1. The quantitative estimate of drug-likeness (QED) is 0.579. The summed E-state index contributed by atoms with van der Waals surface area (Å²) in [6, 6.07) is 12.2. The Morgan fingerprint density at radius 1 is 1.23 bits per heavy atom. The number of carbonyl (C=O) groups is 2. The number of fused-ring (bicyclic) bond motifs is 2. The Hall–Kier alpha value is -2.99. The molecule has 0 unspecified atom stereocenters. The van der Waals surface area contributed by atoms with Gasteiger partial charge in [-0.3, -0.25) is 9.59 Å². The van der Waals surface area contributed by atoms with Crippen molar-refractivity contribution in [1.29, 1.82) is 0 Å². The summed E-state index contributed by atoms with van der Waals surface area (Å²) in [5, 5.41) is 3.07. The lowest BCUT2D eigenvalue weighted by Gasteiger charge is -2.24. The molecule has 0 saturated heterocycles. The minimum Gasteiger partial charge on any atom is -0.432 e. The van der Waals surface area contributed by atoms with E-state index >= 15 is 0 Å². The predicted octanol–water partition coefficient (Wildman–Crippen LogP) is 3.27. The highest BCUT2D eigenvalue weighted by Gasteiger charge is 2.17. The van der Waals surface area contributed by atoms with Crippen LogP contribution in [0.5, 0.6) is 0 Å². The van der Waals surface area contributed by atoms with E-state index in [0.29, 0.717) is 23.2 Å². The Bertz CT molecular complexity index is 933. The fourth-order valence-corrected chi connectivity index (χ4v) is 3.02. The molecule has 0 bridgehead atoms. The number of furan rings is 1. The summed E-state index contributed by atoms with van der Waals surface area (Å²) >= 11 is 0. The van der Waals surface area contributed by atoms with Crippen molar-refractivity contribution in [2.75, 3.05) is 18.9 Å². The van der Waals surface area contributed by atoms with Gasteiger partial charge in [0, 0.05) is 26.2 Å². The molecule has 1 aromatic carbocycles. The van der Waals surface area contributed by atoms with E-state index < -0.39 is 0 Å². The Labute approximate surface area is 151 Å². The van der Waals surface area contributed by atoms with E-state index in [9.17, 15) is 9.59 Å². The maximum atomic E-state index is 11.2. The van der Waals surface area contributed by atoms with Crippen LogP contribution in [-0.4, -0.2) is 35.7 Å². The van der Waals surface area contributed by atoms with Gasteiger partial charge in [-0.2, -0.15) is 0 Å². The fourth-order valence-electron chi connectivity index (χ4n) is 3.02. The summed E-state index contributed by atoms with van der Waals surface area (Å²) in [5.41, 5.74) is 3.75. The molecule has 0 fully saturated rings. The number of hydrogen-bond acceptors (Lipinski definition) is 5. The van der Waals surface area contributed by atoms with Crippen molar-refractivity contribution in [2.24, 2.45) is 0 Å². The van der Waals surface area contributed by atoms with Crippen LogP contribution in [0.15, 0.2) is 47.0 Å². The molecule has 1 aliphatic heterocycles. The number of ketones is 1. The standard InChI is InChI=1S/C10H8N2O3.C10H13N/c1-6(14)9-8(12-5-13)7-3-2-4-11-10(7)15-9;1-11-7-6-9-4-2-3-5-10(9)8-11/h2-5H,1H3,(H,12,13);2-5H,6-8H2,1H3. The molecule has 134 valence electrons. The van der Waals surface area contributed by atoms with Gasteiger partial charge in [-0.1, -0.05) is 24.3 Å². The maximum absolute atomic E-state index is 11.2. The monoisotopic (exact) mass is 351 g/mol. The number of hydrogen-bond donors (Lipinski definition) is 1. The van der Waals surface area contributed by atoms with Crippen LogP contribution in [0.25, 0.3) is 11.1 Å². The lowest BCUT2D eigenvalue weighted by molar-refractivity contribution is -0.105. The number of Topliss-reactive ketones (excluding diaryl/α,β-unsaturated/α-hetero) is 1. The van der Waals surface area contributed by atoms with Crippen LogP contribution in [0, 0.1) is 0 Å². The van der Waals surface area contributed by atoms with Crippen LogP contribution >= 0.6 is 0 Å². The zero-order chi connectivity index (χ0) is 18.5. The minimum atomic E-state index is -0.252. The minimum absolute atomic E-state index is 0.121. The second kappa shape index (κ2) is 7.93. The summed E-state index contributed by atoms with van der Waals surface area (Å²) < 4.78 is 5.23. The number of anilines is 1. The number of benzene rings is 1. The van der Waals surface area contributed by atoms with Gasteiger partial charge in [0.15, 0.2) is 11.5 Å². The molecule has 0 spiro atoms. The third kappa shape index (κ3) is 3.81. The van der Waals surface area contributed by atoms with Gasteiger partial charge in [0.05, 0.1) is 5.39 Å². The first-order chi connectivity index (χ1) is 12.6. The van der Waals surface area contributed by atoms with Crippen LogP contribution in [0.3, 0.4) is 0 Å². The summed E-state index contributed by atoms with van der Waals surface area (Å²) in [4.78, 5) is 28.0. The van der Waals surface area contributed by atoms with Crippen LogP contribution in [0.1, 0.15) is 28.6 Å². The fraction of sp³-hybridized carbons (Fsp3) is 0.250. The van der Waals surface area contributed by atoms with Crippen LogP contribution in [0.2, 0.25) is 0 Å². The topological polar surface area (TPSA) is 75.4 Å². The third-order valence-electron chi connectivity index (χ3n) is 4.31. The molecule has 6 heteroatoms. The van der Waals surface area contributed by atoms with E-state index in [1.807, 2.05) is 0 Å². The van der Waals surface area contributed by atoms with E-state index in [-0.39, 0.29) is 11.5 Å². The number of pyridine rings is 1. The smallest absolute Gasteiger partial charge is 0.229 e. The summed E-state index contributed by atoms with van der Waals surface area (Å²) in [5.74, 6) is -0.131. The van der Waals surface area contributed by atoms with Gasteiger partial charge in [0.25, 0.3) is 0 Å². The molecule has 6 nitrogen and oxygen atoms in total. The predicted molar refractivity (Wildman–Crippen MR) is 100 cm³/mol. The van der Waals surface area contributed by atoms with E-state index in [2.05, 4.69) is 46.5 Å². The first kappa shape index (κ1) is 17.8. The van der Waals surface area contributed by atoms with Gasteiger partial charge in [-0.05, 0) is 36.7 Å². The number of aromatic nitrogens is 1.